The fourth-order valence-electron chi connectivity index (χ4n) is 3.80. The zero-order valence-electron chi connectivity index (χ0n) is 17.9. The minimum Gasteiger partial charge on any atom is -0.497 e. The molecule has 1 N–H and O–H groups in total. The lowest BCUT2D eigenvalue weighted by Gasteiger charge is -2.11. The standard InChI is InChI=1S/C23H25N3O4S/c1-4-30-23(28)20-17-7-5-6-8-19(17)31-21(20)24-13-18-14(2)25-26(22(18)27)15-9-11-16(29-3)12-10-15/h9-13,25H,4-8H2,1-3H3. The molecule has 0 fully saturated rings. The monoisotopic (exact) mass is 439 g/mol. The number of aliphatic imine (C=N–C) groups is 1. The Hall–Kier alpha value is -3.13. The summed E-state index contributed by atoms with van der Waals surface area (Å²) in [6.45, 7) is 3.94. The molecular weight excluding hydrogens is 414 g/mol. The Morgan fingerprint density at radius 1 is 1.26 bits per heavy atom. The van der Waals surface area contributed by atoms with Crippen LogP contribution < -0.4 is 10.3 Å². The van der Waals surface area contributed by atoms with E-state index in [0.717, 1.165) is 37.0 Å². The summed E-state index contributed by atoms with van der Waals surface area (Å²) in [7, 11) is 1.60. The molecule has 2 aromatic heterocycles. The number of aryl methyl sites for hydroxylation is 2. The van der Waals surface area contributed by atoms with Crippen molar-refractivity contribution in [2.75, 3.05) is 13.7 Å². The second-order valence-corrected chi connectivity index (χ2v) is 8.44. The predicted octanol–water partition coefficient (Wildman–Crippen LogP) is 4.35. The molecule has 0 saturated heterocycles. The van der Waals surface area contributed by atoms with Gasteiger partial charge >= 0.3 is 5.97 Å². The van der Waals surface area contributed by atoms with Crippen LogP contribution >= 0.6 is 11.3 Å². The molecule has 0 aliphatic heterocycles. The highest BCUT2D eigenvalue weighted by Crippen LogP contribution is 2.40. The maximum Gasteiger partial charge on any atom is 0.341 e. The maximum atomic E-state index is 13.0. The summed E-state index contributed by atoms with van der Waals surface area (Å²) in [5, 5.41) is 3.71. The highest BCUT2D eigenvalue weighted by Gasteiger charge is 2.26. The molecule has 3 aromatic rings. The molecule has 8 heteroatoms. The molecule has 1 aromatic carbocycles. The van der Waals surface area contributed by atoms with E-state index < -0.39 is 0 Å². The van der Waals surface area contributed by atoms with Crippen LogP contribution in [0, 0.1) is 6.92 Å². The lowest BCUT2D eigenvalue weighted by atomic mass is 9.95. The summed E-state index contributed by atoms with van der Waals surface area (Å²) < 4.78 is 11.9. The van der Waals surface area contributed by atoms with Gasteiger partial charge in [-0.25, -0.2) is 14.5 Å². The number of H-pyrrole nitrogens is 1. The van der Waals surface area contributed by atoms with Crippen molar-refractivity contribution in [3.8, 4) is 11.4 Å². The Balaban J connectivity index is 1.71. The zero-order chi connectivity index (χ0) is 22.0. The van der Waals surface area contributed by atoms with Crippen molar-refractivity contribution in [2.24, 2.45) is 4.99 Å². The average Bonchev–Trinajstić information content (AvgIpc) is 3.29. The molecule has 31 heavy (non-hydrogen) atoms. The molecule has 0 spiro atoms. The van der Waals surface area contributed by atoms with Crippen LogP contribution in [0.4, 0.5) is 5.00 Å². The van der Waals surface area contributed by atoms with Gasteiger partial charge in [-0.2, -0.15) is 0 Å². The van der Waals surface area contributed by atoms with E-state index in [2.05, 4.69) is 10.1 Å². The largest absolute Gasteiger partial charge is 0.497 e. The number of hydrogen-bond donors (Lipinski definition) is 1. The van der Waals surface area contributed by atoms with Gasteiger partial charge in [-0.05, 0) is 69.4 Å². The molecule has 0 radical (unpaired) electrons. The number of methoxy groups -OCH3 is 1. The summed E-state index contributed by atoms with van der Waals surface area (Å²) >= 11 is 1.52. The van der Waals surface area contributed by atoms with Crippen LogP contribution in [0.2, 0.25) is 0 Å². The quantitative estimate of drug-likeness (QED) is 0.457. The van der Waals surface area contributed by atoms with Gasteiger partial charge in [0.25, 0.3) is 5.56 Å². The number of nitrogens with one attached hydrogen (secondary N) is 1. The number of fused-ring (bicyclic) bond motifs is 1. The third kappa shape index (κ3) is 4.07. The number of esters is 1. The van der Waals surface area contributed by atoms with Crippen LogP contribution in [0.3, 0.4) is 0 Å². The third-order valence-electron chi connectivity index (χ3n) is 5.39. The van der Waals surface area contributed by atoms with E-state index in [1.165, 1.54) is 20.9 Å². The Morgan fingerprint density at radius 2 is 2.00 bits per heavy atom. The number of ether oxygens (including phenoxy) is 2. The summed E-state index contributed by atoms with van der Waals surface area (Å²) in [6, 6.07) is 7.22. The first-order valence-corrected chi connectivity index (χ1v) is 11.2. The van der Waals surface area contributed by atoms with E-state index in [1.54, 1.807) is 32.4 Å². The summed E-state index contributed by atoms with van der Waals surface area (Å²) in [5.74, 6) is 0.380. The highest BCUT2D eigenvalue weighted by atomic mass is 32.1. The molecule has 0 saturated carbocycles. The third-order valence-corrected chi connectivity index (χ3v) is 6.59. The first kappa shape index (κ1) is 21.1. The van der Waals surface area contributed by atoms with Gasteiger partial charge in [0.1, 0.15) is 10.8 Å². The van der Waals surface area contributed by atoms with Gasteiger partial charge in [0.15, 0.2) is 0 Å². The molecule has 1 aliphatic carbocycles. The van der Waals surface area contributed by atoms with E-state index >= 15 is 0 Å². The number of carbonyl (C=O) groups is 1. The Kier molecular flexibility index (Phi) is 6.08. The zero-order valence-corrected chi connectivity index (χ0v) is 18.7. The van der Waals surface area contributed by atoms with Crippen LogP contribution in [0.15, 0.2) is 34.1 Å². The van der Waals surface area contributed by atoms with Crippen LogP contribution in [-0.4, -0.2) is 35.7 Å². The molecule has 0 atom stereocenters. The van der Waals surface area contributed by atoms with Crippen LogP contribution in [0.1, 0.15) is 51.8 Å². The number of thiophene rings is 1. The molecule has 1 aliphatic rings. The van der Waals surface area contributed by atoms with Crippen molar-refractivity contribution in [3.05, 3.63) is 61.9 Å². The van der Waals surface area contributed by atoms with Crippen LogP contribution in [0.25, 0.3) is 5.69 Å². The number of aromatic nitrogens is 2. The lowest BCUT2D eigenvalue weighted by molar-refractivity contribution is 0.0526. The molecule has 0 bridgehead atoms. The van der Waals surface area contributed by atoms with E-state index in [0.29, 0.717) is 34.1 Å². The molecule has 2 heterocycles. The predicted molar refractivity (Wildman–Crippen MR) is 122 cm³/mol. The number of carbonyl (C=O) groups excluding carboxylic acids is 1. The second kappa shape index (κ2) is 8.93. The summed E-state index contributed by atoms with van der Waals surface area (Å²) in [4.78, 5) is 31.4. The lowest BCUT2D eigenvalue weighted by Crippen LogP contribution is -2.17. The van der Waals surface area contributed by atoms with Crippen molar-refractivity contribution in [1.82, 2.24) is 9.78 Å². The Bertz CT molecular complexity index is 1180. The van der Waals surface area contributed by atoms with Gasteiger partial charge in [0.2, 0.25) is 0 Å². The van der Waals surface area contributed by atoms with Gasteiger partial charge < -0.3 is 9.47 Å². The molecular formula is C23H25N3O4S. The van der Waals surface area contributed by atoms with Crippen LogP contribution in [-0.2, 0) is 17.6 Å². The average molecular weight is 440 g/mol. The normalized spacial score (nSPS) is 13.4. The molecule has 0 unspecified atom stereocenters. The Morgan fingerprint density at radius 3 is 2.71 bits per heavy atom. The minimum atomic E-state index is -0.338. The van der Waals surface area contributed by atoms with Crippen molar-refractivity contribution in [2.45, 2.75) is 39.5 Å². The second-order valence-electron chi connectivity index (χ2n) is 7.36. The molecule has 0 amide bonds. The van der Waals surface area contributed by atoms with Crippen molar-refractivity contribution < 1.29 is 14.3 Å². The fourth-order valence-corrected chi connectivity index (χ4v) is 5.03. The summed E-state index contributed by atoms with van der Waals surface area (Å²) in [6.07, 6.45) is 5.54. The van der Waals surface area contributed by atoms with Gasteiger partial charge in [0.05, 0.1) is 30.5 Å². The number of hydrogen-bond acceptors (Lipinski definition) is 6. The number of nitrogens with zero attached hydrogens (tertiary/aromatic N) is 2. The van der Waals surface area contributed by atoms with Gasteiger partial charge in [-0.1, -0.05) is 0 Å². The molecule has 4 rings (SSSR count). The van der Waals surface area contributed by atoms with Crippen molar-refractivity contribution >= 4 is 28.5 Å². The molecule has 162 valence electrons. The van der Waals surface area contributed by atoms with Gasteiger partial charge in [-0.15, -0.1) is 11.3 Å². The van der Waals surface area contributed by atoms with Gasteiger partial charge in [0, 0.05) is 16.8 Å². The maximum absolute atomic E-state index is 13.0. The summed E-state index contributed by atoms with van der Waals surface area (Å²) in [5.41, 5.74) is 3.27. The van der Waals surface area contributed by atoms with E-state index in [9.17, 15) is 9.59 Å². The van der Waals surface area contributed by atoms with Gasteiger partial charge in [-0.3, -0.25) is 9.89 Å². The van der Waals surface area contributed by atoms with Crippen molar-refractivity contribution in [3.63, 3.8) is 0 Å². The topological polar surface area (TPSA) is 85.7 Å². The first-order valence-electron chi connectivity index (χ1n) is 10.3. The number of aromatic amines is 1. The number of rotatable bonds is 6. The van der Waals surface area contributed by atoms with E-state index in [-0.39, 0.29) is 11.5 Å². The number of benzene rings is 1. The smallest absolute Gasteiger partial charge is 0.341 e. The van der Waals surface area contributed by atoms with Crippen molar-refractivity contribution in [1.29, 1.82) is 0 Å². The molecule has 7 nitrogen and oxygen atoms in total. The first-order chi connectivity index (χ1) is 15.0. The van der Waals surface area contributed by atoms with E-state index in [4.69, 9.17) is 9.47 Å². The fraction of sp³-hybridized carbons (Fsp3) is 0.348. The highest BCUT2D eigenvalue weighted by molar-refractivity contribution is 7.16. The van der Waals surface area contributed by atoms with Crippen LogP contribution in [0.5, 0.6) is 5.75 Å². The SMILES string of the molecule is CCOC(=O)c1c(N=Cc2c(C)[nH]n(-c3ccc(OC)cc3)c2=O)sc2c1CCCC2. The van der Waals surface area contributed by atoms with E-state index in [1.807, 2.05) is 19.1 Å². The minimum absolute atomic E-state index is 0.203. The Labute approximate surface area is 184 Å².